The summed E-state index contributed by atoms with van der Waals surface area (Å²) in [4.78, 5) is 22.2. The monoisotopic (exact) mass is 303 g/mol. The fourth-order valence-electron chi connectivity index (χ4n) is 1.83. The standard InChI is InChI=1S/C15H13NO6/c1-20-13-9-14(22-10-6-4-3-5-7-10)12(16(18)19)8-11(13)15(17)21-2/h3-9H,1-2H3. The SMILES string of the molecule is COC(=O)c1cc([N+](=O)[O-])c(Oc2ccccc2)cc1OC. The number of benzene rings is 2. The molecule has 2 aromatic carbocycles. The van der Waals surface area contributed by atoms with E-state index in [-0.39, 0.29) is 22.7 Å². The summed E-state index contributed by atoms with van der Waals surface area (Å²) < 4.78 is 15.2. The van der Waals surface area contributed by atoms with E-state index >= 15 is 0 Å². The topological polar surface area (TPSA) is 87.9 Å². The number of nitro groups is 1. The summed E-state index contributed by atoms with van der Waals surface area (Å²) in [6.07, 6.45) is 0. The van der Waals surface area contributed by atoms with Crippen LogP contribution in [0.1, 0.15) is 10.4 Å². The Bertz CT molecular complexity index is 699. The van der Waals surface area contributed by atoms with E-state index in [2.05, 4.69) is 4.74 Å². The van der Waals surface area contributed by atoms with Gasteiger partial charge in [0.25, 0.3) is 0 Å². The van der Waals surface area contributed by atoms with E-state index in [1.165, 1.54) is 20.3 Å². The molecule has 0 saturated carbocycles. The van der Waals surface area contributed by atoms with Gasteiger partial charge in [-0.1, -0.05) is 18.2 Å². The van der Waals surface area contributed by atoms with Crippen LogP contribution in [0.3, 0.4) is 0 Å². The summed E-state index contributed by atoms with van der Waals surface area (Å²) in [6.45, 7) is 0. The zero-order valence-corrected chi connectivity index (χ0v) is 11.9. The molecule has 0 saturated heterocycles. The molecule has 0 radical (unpaired) electrons. The number of nitrogens with zero attached hydrogens (tertiary/aromatic N) is 1. The van der Waals surface area contributed by atoms with Crippen LogP contribution in [0.4, 0.5) is 5.69 Å². The Balaban J connectivity index is 2.53. The minimum absolute atomic E-state index is 0.0271. The van der Waals surface area contributed by atoms with Crippen LogP contribution in [-0.4, -0.2) is 25.1 Å². The number of ether oxygens (including phenoxy) is 3. The highest BCUT2D eigenvalue weighted by atomic mass is 16.6. The zero-order chi connectivity index (χ0) is 16.1. The molecule has 2 rings (SSSR count). The van der Waals surface area contributed by atoms with Crippen molar-refractivity contribution >= 4 is 11.7 Å². The van der Waals surface area contributed by atoms with Gasteiger partial charge in [-0.2, -0.15) is 0 Å². The summed E-state index contributed by atoms with van der Waals surface area (Å²) >= 11 is 0. The van der Waals surface area contributed by atoms with Gasteiger partial charge in [-0.25, -0.2) is 4.79 Å². The number of carbonyl (C=O) groups excluding carboxylic acids is 1. The van der Waals surface area contributed by atoms with Gasteiger partial charge in [0.2, 0.25) is 5.75 Å². The first kappa shape index (κ1) is 15.3. The lowest BCUT2D eigenvalue weighted by Gasteiger charge is -2.11. The molecule has 0 unspecified atom stereocenters. The third-order valence-corrected chi connectivity index (χ3v) is 2.85. The van der Waals surface area contributed by atoms with E-state index < -0.39 is 10.9 Å². The van der Waals surface area contributed by atoms with E-state index in [4.69, 9.17) is 9.47 Å². The molecule has 114 valence electrons. The Hall–Kier alpha value is -3.09. The molecule has 0 aliphatic rings. The van der Waals surface area contributed by atoms with Gasteiger partial charge < -0.3 is 14.2 Å². The molecular formula is C15H13NO6. The number of nitro benzene ring substituents is 1. The molecule has 7 heteroatoms. The quantitative estimate of drug-likeness (QED) is 0.479. The molecule has 0 aliphatic heterocycles. The molecule has 22 heavy (non-hydrogen) atoms. The summed E-state index contributed by atoms with van der Waals surface area (Å²) in [5.74, 6) is -0.200. The highest BCUT2D eigenvalue weighted by Crippen LogP contribution is 2.37. The number of methoxy groups -OCH3 is 2. The van der Waals surface area contributed by atoms with Crippen LogP contribution in [0.5, 0.6) is 17.2 Å². The Kier molecular flexibility index (Phi) is 4.57. The van der Waals surface area contributed by atoms with E-state index in [9.17, 15) is 14.9 Å². The first-order valence-electron chi connectivity index (χ1n) is 6.24. The highest BCUT2D eigenvalue weighted by molar-refractivity contribution is 5.94. The van der Waals surface area contributed by atoms with Crippen molar-refractivity contribution in [2.24, 2.45) is 0 Å². The average Bonchev–Trinajstić information content (AvgIpc) is 2.54. The molecule has 0 bridgehead atoms. The van der Waals surface area contributed by atoms with E-state index in [0.29, 0.717) is 5.75 Å². The number of rotatable bonds is 5. The molecule has 0 N–H and O–H groups in total. The van der Waals surface area contributed by atoms with Crippen molar-refractivity contribution in [3.63, 3.8) is 0 Å². The second-order valence-corrected chi connectivity index (χ2v) is 4.18. The van der Waals surface area contributed by atoms with Crippen molar-refractivity contribution in [2.45, 2.75) is 0 Å². The van der Waals surface area contributed by atoms with Crippen molar-refractivity contribution in [1.29, 1.82) is 0 Å². The lowest BCUT2D eigenvalue weighted by molar-refractivity contribution is -0.385. The van der Waals surface area contributed by atoms with Gasteiger partial charge in [-0.3, -0.25) is 10.1 Å². The van der Waals surface area contributed by atoms with Crippen molar-refractivity contribution in [1.82, 2.24) is 0 Å². The Morgan fingerprint density at radius 3 is 2.32 bits per heavy atom. The van der Waals surface area contributed by atoms with Gasteiger partial charge in [0.1, 0.15) is 17.1 Å². The maximum Gasteiger partial charge on any atom is 0.341 e. The van der Waals surface area contributed by atoms with Gasteiger partial charge in [0.05, 0.1) is 19.1 Å². The molecule has 7 nitrogen and oxygen atoms in total. The van der Waals surface area contributed by atoms with E-state index in [0.717, 1.165) is 6.07 Å². The van der Waals surface area contributed by atoms with Crippen molar-refractivity contribution in [3.05, 3.63) is 58.1 Å². The Labute approximate surface area is 126 Å². The lowest BCUT2D eigenvalue weighted by Crippen LogP contribution is -2.06. The molecule has 2 aromatic rings. The van der Waals surface area contributed by atoms with Crippen molar-refractivity contribution < 1.29 is 23.9 Å². The summed E-state index contributed by atoms with van der Waals surface area (Å²) in [6, 6.07) is 10.9. The van der Waals surface area contributed by atoms with E-state index in [1.807, 2.05) is 0 Å². The summed E-state index contributed by atoms with van der Waals surface area (Å²) in [7, 11) is 2.53. The fourth-order valence-corrected chi connectivity index (χ4v) is 1.83. The summed E-state index contributed by atoms with van der Waals surface area (Å²) in [5.41, 5.74) is -0.401. The van der Waals surface area contributed by atoms with Gasteiger partial charge in [-0.05, 0) is 12.1 Å². The molecule has 0 amide bonds. The minimum Gasteiger partial charge on any atom is -0.496 e. The van der Waals surface area contributed by atoms with Crippen LogP contribution in [0.15, 0.2) is 42.5 Å². The second-order valence-electron chi connectivity index (χ2n) is 4.18. The normalized spacial score (nSPS) is 9.91. The molecule has 0 aliphatic carbocycles. The number of hydrogen-bond donors (Lipinski definition) is 0. The Morgan fingerprint density at radius 1 is 1.09 bits per heavy atom. The van der Waals surface area contributed by atoms with Crippen molar-refractivity contribution in [3.8, 4) is 17.2 Å². The molecule has 0 aromatic heterocycles. The second kappa shape index (κ2) is 6.57. The zero-order valence-electron chi connectivity index (χ0n) is 11.9. The van der Waals surface area contributed by atoms with Gasteiger partial charge in [-0.15, -0.1) is 0 Å². The third kappa shape index (κ3) is 3.14. The third-order valence-electron chi connectivity index (χ3n) is 2.85. The number of carbonyl (C=O) groups is 1. The van der Waals surface area contributed by atoms with Crippen LogP contribution < -0.4 is 9.47 Å². The molecule has 0 fully saturated rings. The lowest BCUT2D eigenvalue weighted by atomic mass is 10.1. The largest absolute Gasteiger partial charge is 0.496 e. The Morgan fingerprint density at radius 2 is 1.77 bits per heavy atom. The molecule has 0 atom stereocenters. The number of para-hydroxylation sites is 1. The predicted octanol–water partition coefficient (Wildman–Crippen LogP) is 3.18. The van der Waals surface area contributed by atoms with Crippen LogP contribution in [-0.2, 0) is 4.74 Å². The minimum atomic E-state index is -0.730. The average molecular weight is 303 g/mol. The number of hydrogen-bond acceptors (Lipinski definition) is 6. The van der Waals surface area contributed by atoms with Gasteiger partial charge >= 0.3 is 11.7 Å². The maximum absolute atomic E-state index is 11.7. The van der Waals surface area contributed by atoms with Crippen molar-refractivity contribution in [2.75, 3.05) is 14.2 Å². The molecule has 0 heterocycles. The van der Waals surface area contributed by atoms with Crippen LogP contribution in [0, 0.1) is 10.1 Å². The van der Waals surface area contributed by atoms with E-state index in [1.54, 1.807) is 30.3 Å². The smallest absolute Gasteiger partial charge is 0.341 e. The molecular weight excluding hydrogens is 290 g/mol. The number of esters is 1. The summed E-state index contributed by atoms with van der Waals surface area (Å²) in [5, 5.41) is 11.2. The molecule has 0 spiro atoms. The first-order chi connectivity index (χ1) is 10.6. The van der Waals surface area contributed by atoms with Gasteiger partial charge in [0.15, 0.2) is 0 Å². The predicted molar refractivity (Wildman–Crippen MR) is 77.5 cm³/mol. The first-order valence-corrected chi connectivity index (χ1v) is 6.24. The van der Waals surface area contributed by atoms with Gasteiger partial charge in [0, 0.05) is 12.1 Å². The highest BCUT2D eigenvalue weighted by Gasteiger charge is 2.24. The van der Waals surface area contributed by atoms with Crippen LogP contribution >= 0.6 is 0 Å². The van der Waals surface area contributed by atoms with Crippen LogP contribution in [0.25, 0.3) is 0 Å². The maximum atomic E-state index is 11.7. The van der Waals surface area contributed by atoms with Crippen LogP contribution in [0.2, 0.25) is 0 Å². The fraction of sp³-hybridized carbons (Fsp3) is 0.133.